The average molecular weight is 336 g/mol. The molecule has 0 fully saturated rings. The van der Waals surface area contributed by atoms with Gasteiger partial charge in [0.15, 0.2) is 0 Å². The summed E-state index contributed by atoms with van der Waals surface area (Å²) in [5, 5.41) is 3.53. The Morgan fingerprint density at radius 3 is 2.54 bits per heavy atom. The second-order valence-corrected chi connectivity index (χ2v) is 6.32. The number of hydroxylamine groups is 2. The molecule has 0 saturated carbocycles. The second-order valence-electron chi connectivity index (χ2n) is 6.32. The Bertz CT molecular complexity index is 680. The lowest BCUT2D eigenvalue weighted by molar-refractivity contribution is -0.133. The van der Waals surface area contributed by atoms with Gasteiger partial charge < -0.3 is 10.1 Å². The number of ether oxygens (including phenoxy) is 1. The molecule has 1 heterocycles. The average Bonchev–Trinajstić information content (AvgIpc) is 2.52. The molecule has 0 radical (unpaired) electrons. The van der Waals surface area contributed by atoms with Crippen LogP contribution in [0, 0.1) is 5.82 Å². The third-order valence-corrected chi connectivity index (χ3v) is 3.28. The molecule has 2 rings (SSSR count). The summed E-state index contributed by atoms with van der Waals surface area (Å²) in [4.78, 5) is 28.8. The lowest BCUT2D eigenvalue weighted by Gasteiger charge is -2.29. The summed E-state index contributed by atoms with van der Waals surface area (Å²) in [5.74, 6) is -0.873. The highest BCUT2D eigenvalue weighted by Crippen LogP contribution is 2.24. The molecule has 1 aromatic carbocycles. The number of benzene rings is 1. The summed E-state index contributed by atoms with van der Waals surface area (Å²) < 4.78 is 19.4. The van der Waals surface area contributed by atoms with E-state index < -0.39 is 17.5 Å². The predicted molar refractivity (Wildman–Crippen MR) is 86.7 cm³/mol. The number of nitrogens with one attached hydrogen (secondary N) is 1. The van der Waals surface area contributed by atoms with Gasteiger partial charge in [-0.05, 0) is 38.5 Å². The largest absolute Gasteiger partial charge is 0.442 e. The summed E-state index contributed by atoms with van der Waals surface area (Å²) in [6.07, 6.45) is 1.11. The zero-order chi connectivity index (χ0) is 17.9. The highest BCUT2D eigenvalue weighted by Gasteiger charge is 2.25. The molecule has 0 aromatic heterocycles. The van der Waals surface area contributed by atoms with Gasteiger partial charge >= 0.3 is 6.09 Å². The molecule has 2 amide bonds. The number of hydrogen-bond donors (Lipinski definition) is 1. The highest BCUT2D eigenvalue weighted by atomic mass is 19.1. The molecule has 24 heavy (non-hydrogen) atoms. The van der Waals surface area contributed by atoms with E-state index in [1.807, 2.05) is 0 Å². The quantitative estimate of drug-likeness (QED) is 0.902. The third kappa shape index (κ3) is 4.32. The first-order valence-corrected chi connectivity index (χ1v) is 7.56. The molecule has 0 unspecified atom stereocenters. The van der Waals surface area contributed by atoms with Gasteiger partial charge in [-0.1, -0.05) is 12.1 Å². The Kier molecular flexibility index (Phi) is 5.23. The van der Waals surface area contributed by atoms with E-state index >= 15 is 0 Å². The molecule has 0 saturated heterocycles. The first-order chi connectivity index (χ1) is 11.2. The van der Waals surface area contributed by atoms with E-state index in [0.717, 1.165) is 5.06 Å². The summed E-state index contributed by atoms with van der Waals surface area (Å²) in [5.41, 5.74) is 0.570. The molecule has 0 bridgehead atoms. The van der Waals surface area contributed by atoms with E-state index in [2.05, 4.69) is 5.32 Å². The maximum Gasteiger partial charge on any atom is 0.434 e. The van der Waals surface area contributed by atoms with Crippen LogP contribution in [-0.4, -0.2) is 42.9 Å². The smallest absolute Gasteiger partial charge is 0.434 e. The van der Waals surface area contributed by atoms with E-state index in [4.69, 9.17) is 9.57 Å². The fourth-order valence-electron chi connectivity index (χ4n) is 2.14. The predicted octanol–water partition coefficient (Wildman–Crippen LogP) is 2.75. The molecule has 0 spiro atoms. The molecule has 1 aromatic rings. The fourth-order valence-corrected chi connectivity index (χ4v) is 2.14. The summed E-state index contributed by atoms with van der Waals surface area (Å²) in [7, 11) is 1.48. The first-order valence-electron chi connectivity index (χ1n) is 7.56. The number of amides is 2. The minimum absolute atomic E-state index is 0.0372. The van der Waals surface area contributed by atoms with Gasteiger partial charge in [0.1, 0.15) is 18.0 Å². The zero-order valence-corrected chi connectivity index (χ0v) is 14.2. The van der Waals surface area contributed by atoms with E-state index in [1.54, 1.807) is 32.9 Å². The van der Waals surface area contributed by atoms with Crippen molar-refractivity contribution in [2.75, 3.05) is 20.2 Å². The molecular formula is C17H21FN2O4. The van der Waals surface area contributed by atoms with Crippen LogP contribution in [0.5, 0.6) is 0 Å². The van der Waals surface area contributed by atoms with Crippen molar-refractivity contribution in [2.24, 2.45) is 0 Å². The molecule has 130 valence electrons. The van der Waals surface area contributed by atoms with Crippen LogP contribution in [0.2, 0.25) is 0 Å². The van der Waals surface area contributed by atoms with Crippen molar-refractivity contribution in [3.05, 3.63) is 41.2 Å². The fraction of sp³-hybridized carbons (Fsp3) is 0.412. The Labute approximate surface area is 140 Å². The number of rotatable bonds is 2. The van der Waals surface area contributed by atoms with Gasteiger partial charge in [0, 0.05) is 18.2 Å². The minimum Gasteiger partial charge on any atom is -0.442 e. The normalized spacial score (nSPS) is 14.9. The van der Waals surface area contributed by atoms with Gasteiger partial charge in [-0.2, -0.15) is 5.06 Å². The standard InChI is InChI=1S/C17H21FN2O4/c1-17(2,3)24-16(22)20-8-7-12(10-23-20)13-6-5-11(9-14(13)18)15(21)19-4/h5-7,9H,8,10H2,1-4H3,(H,19,21). The third-order valence-electron chi connectivity index (χ3n) is 3.28. The Balaban J connectivity index is 2.10. The van der Waals surface area contributed by atoms with Crippen molar-refractivity contribution in [1.82, 2.24) is 10.4 Å². The number of nitrogens with zero attached hydrogens (tertiary/aromatic N) is 1. The lowest BCUT2D eigenvalue weighted by atomic mass is 10.0. The summed E-state index contributed by atoms with van der Waals surface area (Å²) >= 11 is 0. The van der Waals surface area contributed by atoms with Gasteiger partial charge in [0.05, 0.1) is 6.54 Å². The van der Waals surface area contributed by atoms with Crippen LogP contribution in [0.3, 0.4) is 0 Å². The zero-order valence-electron chi connectivity index (χ0n) is 14.2. The molecule has 7 heteroatoms. The van der Waals surface area contributed by atoms with Crippen molar-refractivity contribution < 1.29 is 23.6 Å². The van der Waals surface area contributed by atoms with E-state index in [1.165, 1.54) is 19.2 Å². The lowest BCUT2D eigenvalue weighted by Crippen LogP contribution is -2.39. The molecule has 6 nitrogen and oxygen atoms in total. The molecule has 1 aliphatic rings. The van der Waals surface area contributed by atoms with Crippen molar-refractivity contribution in [3.63, 3.8) is 0 Å². The van der Waals surface area contributed by atoms with Gasteiger partial charge in [-0.3, -0.25) is 9.63 Å². The van der Waals surface area contributed by atoms with Gasteiger partial charge in [-0.15, -0.1) is 0 Å². The second kappa shape index (κ2) is 7.00. The monoisotopic (exact) mass is 336 g/mol. The maximum absolute atomic E-state index is 14.2. The van der Waals surface area contributed by atoms with Crippen molar-refractivity contribution in [2.45, 2.75) is 26.4 Å². The van der Waals surface area contributed by atoms with E-state index in [0.29, 0.717) is 11.1 Å². The van der Waals surface area contributed by atoms with Gasteiger partial charge in [-0.25, -0.2) is 9.18 Å². The van der Waals surface area contributed by atoms with Crippen molar-refractivity contribution >= 4 is 17.6 Å². The summed E-state index contributed by atoms with van der Waals surface area (Å²) in [6, 6.07) is 4.24. The molecule has 0 aliphatic carbocycles. The van der Waals surface area contributed by atoms with Crippen LogP contribution >= 0.6 is 0 Å². The van der Waals surface area contributed by atoms with Crippen molar-refractivity contribution in [3.8, 4) is 0 Å². The van der Waals surface area contributed by atoms with Gasteiger partial charge in [0.2, 0.25) is 0 Å². The number of halogens is 1. The van der Waals surface area contributed by atoms with Gasteiger partial charge in [0.25, 0.3) is 5.91 Å². The first kappa shape index (κ1) is 17.9. The van der Waals surface area contributed by atoms with Crippen molar-refractivity contribution in [1.29, 1.82) is 0 Å². The molecule has 1 aliphatic heterocycles. The number of hydrogen-bond acceptors (Lipinski definition) is 4. The van der Waals surface area contributed by atoms with E-state index in [-0.39, 0.29) is 24.6 Å². The van der Waals surface area contributed by atoms with Crippen LogP contribution in [0.15, 0.2) is 24.3 Å². The summed E-state index contributed by atoms with van der Waals surface area (Å²) in [6.45, 7) is 5.48. The molecular weight excluding hydrogens is 315 g/mol. The number of carbonyl (C=O) groups is 2. The Hall–Kier alpha value is -2.41. The van der Waals surface area contributed by atoms with E-state index in [9.17, 15) is 14.0 Å². The highest BCUT2D eigenvalue weighted by molar-refractivity contribution is 5.94. The van der Waals surface area contributed by atoms with Crippen LogP contribution in [0.1, 0.15) is 36.7 Å². The SMILES string of the molecule is CNC(=O)c1ccc(C2=CCN(C(=O)OC(C)(C)C)OC2)c(F)c1. The van der Waals surface area contributed by atoms with Crippen LogP contribution < -0.4 is 5.32 Å². The Morgan fingerprint density at radius 2 is 2.04 bits per heavy atom. The van der Waals surface area contributed by atoms with Crippen LogP contribution in [0.25, 0.3) is 5.57 Å². The number of carbonyl (C=O) groups excluding carboxylic acids is 2. The molecule has 1 N–H and O–H groups in total. The van der Waals surface area contributed by atoms with Crippen LogP contribution in [0.4, 0.5) is 9.18 Å². The maximum atomic E-state index is 14.2. The molecule has 0 atom stereocenters. The Morgan fingerprint density at radius 1 is 1.33 bits per heavy atom. The minimum atomic E-state index is -0.619. The topological polar surface area (TPSA) is 67.9 Å². The van der Waals surface area contributed by atoms with Crippen LogP contribution in [-0.2, 0) is 9.57 Å².